The van der Waals surface area contributed by atoms with Crippen molar-refractivity contribution >= 4 is 5.97 Å². The monoisotopic (exact) mass is 212 g/mol. The summed E-state index contributed by atoms with van der Waals surface area (Å²) in [6.45, 7) is -0.0541. The highest BCUT2D eigenvalue weighted by atomic mass is 16.5. The van der Waals surface area contributed by atoms with Crippen molar-refractivity contribution in [2.24, 2.45) is 10.8 Å². The van der Waals surface area contributed by atoms with Gasteiger partial charge in [0, 0.05) is 0 Å². The van der Waals surface area contributed by atoms with Gasteiger partial charge < -0.3 is 9.84 Å². The average Bonchev–Trinajstić information content (AvgIpc) is 2.25. The van der Waals surface area contributed by atoms with Crippen molar-refractivity contribution in [2.75, 3.05) is 13.7 Å². The number of ether oxygens (including phenoxy) is 1. The van der Waals surface area contributed by atoms with Crippen LogP contribution in [-0.4, -0.2) is 24.8 Å². The van der Waals surface area contributed by atoms with Gasteiger partial charge in [-0.25, -0.2) is 0 Å². The van der Waals surface area contributed by atoms with Crippen molar-refractivity contribution in [1.82, 2.24) is 0 Å². The molecular formula is C12H20O3. The zero-order valence-corrected chi connectivity index (χ0v) is 9.42. The van der Waals surface area contributed by atoms with Gasteiger partial charge in [-0.2, -0.15) is 0 Å². The number of carbonyl (C=O) groups excluding carboxylic acids is 1. The van der Waals surface area contributed by atoms with E-state index in [1.165, 1.54) is 39.2 Å². The Morgan fingerprint density at radius 2 is 1.87 bits per heavy atom. The summed E-state index contributed by atoms with van der Waals surface area (Å²) in [5.74, 6) is -0.221. The van der Waals surface area contributed by atoms with Crippen LogP contribution in [0.4, 0.5) is 0 Å². The molecule has 0 radical (unpaired) electrons. The zero-order chi connectivity index (χ0) is 10.9. The Hall–Kier alpha value is -0.570. The van der Waals surface area contributed by atoms with Crippen LogP contribution in [0.25, 0.3) is 0 Å². The predicted octanol–water partition coefficient (Wildman–Crippen LogP) is 1.88. The minimum atomic E-state index is -0.563. The lowest BCUT2D eigenvalue weighted by Gasteiger charge is -2.55. The molecule has 3 nitrogen and oxygen atoms in total. The van der Waals surface area contributed by atoms with Gasteiger partial charge in [-0.15, -0.1) is 0 Å². The van der Waals surface area contributed by atoms with Crippen LogP contribution in [0.2, 0.25) is 0 Å². The molecule has 1 N–H and O–H groups in total. The third-order valence-electron chi connectivity index (χ3n) is 4.26. The largest absolute Gasteiger partial charge is 0.469 e. The molecule has 0 aromatic rings. The smallest absolute Gasteiger partial charge is 0.314 e. The molecule has 0 atom stereocenters. The number of rotatable bonds is 2. The van der Waals surface area contributed by atoms with E-state index in [0.29, 0.717) is 5.41 Å². The normalized spacial score (nSPS) is 27.1. The maximum atomic E-state index is 11.6. The fourth-order valence-electron chi connectivity index (χ4n) is 3.58. The van der Waals surface area contributed by atoms with Crippen molar-refractivity contribution < 1.29 is 14.6 Å². The minimum absolute atomic E-state index is 0.0541. The summed E-state index contributed by atoms with van der Waals surface area (Å²) in [6.07, 6.45) is 8.02. The second-order valence-electron chi connectivity index (χ2n) is 5.34. The quantitative estimate of drug-likeness (QED) is 0.711. The van der Waals surface area contributed by atoms with Gasteiger partial charge in [0.25, 0.3) is 0 Å². The number of hydrogen-bond donors (Lipinski definition) is 1. The molecule has 0 bridgehead atoms. The fraction of sp³-hybridized carbons (Fsp3) is 0.917. The van der Waals surface area contributed by atoms with Crippen LogP contribution in [0.5, 0.6) is 0 Å². The lowest BCUT2D eigenvalue weighted by Crippen LogP contribution is -2.54. The summed E-state index contributed by atoms with van der Waals surface area (Å²) < 4.78 is 4.78. The molecule has 3 heteroatoms. The lowest BCUT2D eigenvalue weighted by atomic mass is 9.48. The summed E-state index contributed by atoms with van der Waals surface area (Å²) in [5, 5.41) is 9.35. The van der Waals surface area contributed by atoms with Crippen LogP contribution in [-0.2, 0) is 9.53 Å². The van der Waals surface area contributed by atoms with Crippen LogP contribution in [0.15, 0.2) is 0 Å². The molecule has 0 aliphatic heterocycles. The number of hydrogen-bond acceptors (Lipinski definition) is 3. The van der Waals surface area contributed by atoms with Crippen molar-refractivity contribution in [3.63, 3.8) is 0 Å². The summed E-state index contributed by atoms with van der Waals surface area (Å²) in [6, 6.07) is 0. The Morgan fingerprint density at radius 1 is 1.27 bits per heavy atom. The topological polar surface area (TPSA) is 46.5 Å². The fourth-order valence-corrected chi connectivity index (χ4v) is 3.58. The van der Waals surface area contributed by atoms with Crippen LogP contribution in [0, 0.1) is 10.8 Å². The minimum Gasteiger partial charge on any atom is -0.469 e. The van der Waals surface area contributed by atoms with E-state index in [1.807, 2.05) is 0 Å². The molecule has 86 valence electrons. The van der Waals surface area contributed by atoms with Gasteiger partial charge in [0.15, 0.2) is 0 Å². The van der Waals surface area contributed by atoms with Gasteiger partial charge in [-0.05, 0) is 31.1 Å². The molecule has 0 aromatic carbocycles. The standard InChI is InChI=1S/C12H20O3/c1-15-10(14)12(9-13)7-11(8-12)5-3-2-4-6-11/h13H,2-9H2,1H3. The first-order valence-corrected chi connectivity index (χ1v) is 5.86. The molecule has 0 aromatic heterocycles. The van der Waals surface area contributed by atoms with E-state index in [1.54, 1.807) is 0 Å². The third-order valence-corrected chi connectivity index (χ3v) is 4.26. The molecule has 2 fully saturated rings. The Bertz CT molecular complexity index is 246. The lowest BCUT2D eigenvalue weighted by molar-refractivity contribution is -0.179. The second kappa shape index (κ2) is 3.78. The number of aliphatic hydroxyl groups is 1. The van der Waals surface area contributed by atoms with E-state index in [0.717, 1.165) is 12.8 Å². The molecule has 0 unspecified atom stereocenters. The summed E-state index contributed by atoms with van der Waals surface area (Å²) in [5.41, 5.74) is -0.207. The van der Waals surface area contributed by atoms with Crippen LogP contribution < -0.4 is 0 Å². The predicted molar refractivity (Wildman–Crippen MR) is 56.3 cm³/mol. The van der Waals surface area contributed by atoms with Crippen molar-refractivity contribution in [1.29, 1.82) is 0 Å². The Balaban J connectivity index is 2.01. The summed E-state index contributed by atoms with van der Waals surface area (Å²) in [4.78, 5) is 11.6. The Kier molecular flexibility index (Phi) is 2.75. The van der Waals surface area contributed by atoms with E-state index < -0.39 is 5.41 Å². The van der Waals surface area contributed by atoms with Gasteiger partial charge in [0.2, 0.25) is 0 Å². The highest BCUT2D eigenvalue weighted by Gasteiger charge is 2.58. The SMILES string of the molecule is COC(=O)C1(CO)CC2(CCCCC2)C1. The zero-order valence-electron chi connectivity index (χ0n) is 9.42. The summed E-state index contributed by atoms with van der Waals surface area (Å²) in [7, 11) is 1.41. The molecule has 0 saturated heterocycles. The highest BCUT2D eigenvalue weighted by molar-refractivity contribution is 5.78. The molecule has 2 saturated carbocycles. The Morgan fingerprint density at radius 3 is 2.33 bits per heavy atom. The molecular weight excluding hydrogens is 192 g/mol. The Labute approximate surface area is 90.8 Å². The molecule has 0 heterocycles. The van der Waals surface area contributed by atoms with Gasteiger partial charge in [0.1, 0.15) is 0 Å². The number of aliphatic hydroxyl groups excluding tert-OH is 1. The number of carbonyl (C=O) groups is 1. The maximum Gasteiger partial charge on any atom is 0.314 e. The number of methoxy groups -OCH3 is 1. The molecule has 2 aliphatic carbocycles. The highest BCUT2D eigenvalue weighted by Crippen LogP contribution is 2.61. The second-order valence-corrected chi connectivity index (χ2v) is 5.34. The van der Waals surface area contributed by atoms with E-state index in [2.05, 4.69) is 0 Å². The van der Waals surface area contributed by atoms with E-state index in [9.17, 15) is 9.90 Å². The van der Waals surface area contributed by atoms with Gasteiger partial charge in [0.05, 0.1) is 19.1 Å². The van der Waals surface area contributed by atoms with Crippen molar-refractivity contribution in [3.05, 3.63) is 0 Å². The average molecular weight is 212 g/mol. The van der Waals surface area contributed by atoms with Crippen molar-refractivity contribution in [3.8, 4) is 0 Å². The van der Waals surface area contributed by atoms with Gasteiger partial charge in [-0.1, -0.05) is 19.3 Å². The molecule has 2 aliphatic rings. The molecule has 2 rings (SSSR count). The molecule has 0 amide bonds. The third kappa shape index (κ3) is 1.67. The van der Waals surface area contributed by atoms with Crippen LogP contribution in [0.1, 0.15) is 44.9 Å². The first-order valence-electron chi connectivity index (χ1n) is 5.86. The van der Waals surface area contributed by atoms with E-state index in [-0.39, 0.29) is 12.6 Å². The van der Waals surface area contributed by atoms with Gasteiger partial charge in [-0.3, -0.25) is 4.79 Å². The summed E-state index contributed by atoms with van der Waals surface area (Å²) >= 11 is 0. The first-order chi connectivity index (χ1) is 7.16. The van der Waals surface area contributed by atoms with Crippen LogP contribution >= 0.6 is 0 Å². The first kappa shape index (κ1) is 10.9. The molecule has 15 heavy (non-hydrogen) atoms. The van der Waals surface area contributed by atoms with E-state index in [4.69, 9.17) is 4.74 Å². The van der Waals surface area contributed by atoms with E-state index >= 15 is 0 Å². The van der Waals surface area contributed by atoms with Gasteiger partial charge >= 0.3 is 5.97 Å². The molecule has 1 spiro atoms. The van der Waals surface area contributed by atoms with Crippen molar-refractivity contribution in [2.45, 2.75) is 44.9 Å². The number of esters is 1. The van der Waals surface area contributed by atoms with Crippen LogP contribution in [0.3, 0.4) is 0 Å². The maximum absolute atomic E-state index is 11.6.